The molecule has 2 rings (SSSR count). The van der Waals surface area contributed by atoms with Crippen LogP contribution in [-0.4, -0.2) is 26.2 Å². The molecule has 0 saturated carbocycles. The van der Waals surface area contributed by atoms with Crippen LogP contribution >= 0.6 is 11.3 Å². The maximum atomic E-state index is 5.37. The Morgan fingerprint density at radius 1 is 1.23 bits per heavy atom. The van der Waals surface area contributed by atoms with E-state index in [1.54, 1.807) is 18.4 Å². The predicted octanol–water partition coefficient (Wildman–Crippen LogP) is 3.05. The van der Waals surface area contributed by atoms with Crippen molar-refractivity contribution in [3.05, 3.63) is 52.2 Å². The lowest BCUT2D eigenvalue weighted by Gasteiger charge is -2.12. The number of aliphatic imine (C=N–C) groups is 1. The molecule has 0 aliphatic carbocycles. The van der Waals surface area contributed by atoms with Gasteiger partial charge in [0.15, 0.2) is 5.96 Å². The topological polar surface area (TPSA) is 45.7 Å². The second-order valence-electron chi connectivity index (χ2n) is 4.82. The van der Waals surface area contributed by atoms with E-state index < -0.39 is 0 Å². The number of nitrogens with one attached hydrogen (secondary N) is 2. The summed E-state index contributed by atoms with van der Waals surface area (Å²) in [7, 11) is 1.71. The fourth-order valence-corrected chi connectivity index (χ4v) is 2.78. The van der Waals surface area contributed by atoms with Gasteiger partial charge in [-0.05, 0) is 47.4 Å². The highest BCUT2D eigenvalue weighted by atomic mass is 32.1. The summed E-state index contributed by atoms with van der Waals surface area (Å²) in [6, 6.07) is 10.2. The van der Waals surface area contributed by atoms with Gasteiger partial charge in [0, 0.05) is 13.1 Å². The van der Waals surface area contributed by atoms with Crippen molar-refractivity contribution in [2.75, 3.05) is 20.2 Å². The van der Waals surface area contributed by atoms with Crippen molar-refractivity contribution in [3.8, 4) is 5.75 Å². The number of thiophene rings is 1. The van der Waals surface area contributed by atoms with Crippen LogP contribution in [0.5, 0.6) is 5.75 Å². The molecule has 0 radical (unpaired) electrons. The zero-order valence-corrected chi connectivity index (χ0v) is 14.0. The van der Waals surface area contributed by atoms with Gasteiger partial charge in [-0.1, -0.05) is 18.2 Å². The molecule has 0 aliphatic heterocycles. The van der Waals surface area contributed by atoms with E-state index in [1.165, 1.54) is 11.1 Å². The largest absolute Gasteiger partial charge is 0.496 e. The van der Waals surface area contributed by atoms with Gasteiger partial charge >= 0.3 is 0 Å². The van der Waals surface area contributed by atoms with Gasteiger partial charge in [-0.25, -0.2) is 4.99 Å². The fraction of sp³-hybridized carbons (Fsp3) is 0.353. The molecule has 0 bridgehead atoms. The Bertz CT molecular complexity index is 581. The van der Waals surface area contributed by atoms with Crippen molar-refractivity contribution >= 4 is 17.3 Å². The number of methoxy groups -OCH3 is 1. The lowest BCUT2D eigenvalue weighted by atomic mass is 10.1. The van der Waals surface area contributed by atoms with Crippen LogP contribution in [0.2, 0.25) is 0 Å². The average Bonchev–Trinajstić information content (AvgIpc) is 3.06. The Morgan fingerprint density at radius 3 is 2.82 bits per heavy atom. The zero-order chi connectivity index (χ0) is 15.6. The highest BCUT2D eigenvalue weighted by Gasteiger charge is 2.02. The third kappa shape index (κ3) is 5.07. The third-order valence-electron chi connectivity index (χ3n) is 3.22. The first kappa shape index (κ1) is 16.4. The minimum absolute atomic E-state index is 0.702. The summed E-state index contributed by atoms with van der Waals surface area (Å²) in [6.07, 6.45) is 0.896. The molecule has 0 saturated heterocycles. The third-order valence-corrected chi connectivity index (χ3v) is 3.96. The van der Waals surface area contributed by atoms with Crippen molar-refractivity contribution < 1.29 is 4.74 Å². The van der Waals surface area contributed by atoms with Crippen LogP contribution < -0.4 is 15.4 Å². The second kappa shape index (κ2) is 9.10. The number of nitrogens with zero attached hydrogens (tertiary/aromatic N) is 1. The Kier molecular flexibility index (Phi) is 6.77. The summed E-state index contributed by atoms with van der Waals surface area (Å²) in [4.78, 5) is 4.60. The lowest BCUT2D eigenvalue weighted by molar-refractivity contribution is 0.409. The van der Waals surface area contributed by atoms with Gasteiger partial charge in [0.25, 0.3) is 0 Å². The molecule has 0 aliphatic rings. The van der Waals surface area contributed by atoms with Gasteiger partial charge in [0.1, 0.15) is 5.75 Å². The van der Waals surface area contributed by atoms with Crippen LogP contribution in [0.1, 0.15) is 18.1 Å². The van der Waals surface area contributed by atoms with Crippen molar-refractivity contribution in [1.29, 1.82) is 0 Å². The summed E-state index contributed by atoms with van der Waals surface area (Å²) in [5.41, 5.74) is 2.44. The maximum absolute atomic E-state index is 5.37. The van der Waals surface area contributed by atoms with Gasteiger partial charge in [-0.15, -0.1) is 0 Å². The first-order valence-electron chi connectivity index (χ1n) is 7.48. The minimum atomic E-state index is 0.702. The summed E-state index contributed by atoms with van der Waals surface area (Å²) in [6.45, 7) is 4.44. The number of hydrogen-bond donors (Lipinski definition) is 2. The normalized spacial score (nSPS) is 11.3. The molecule has 0 atom stereocenters. The Balaban J connectivity index is 1.87. The Morgan fingerprint density at radius 2 is 2.09 bits per heavy atom. The van der Waals surface area contributed by atoms with E-state index in [0.29, 0.717) is 6.54 Å². The number of ether oxygens (including phenoxy) is 1. The second-order valence-corrected chi connectivity index (χ2v) is 5.60. The molecule has 2 aromatic rings. The number of benzene rings is 1. The molecule has 1 aromatic carbocycles. The van der Waals surface area contributed by atoms with E-state index in [0.717, 1.165) is 31.2 Å². The molecule has 4 nitrogen and oxygen atoms in total. The lowest BCUT2D eigenvalue weighted by Crippen LogP contribution is -2.38. The first-order valence-corrected chi connectivity index (χ1v) is 8.43. The molecule has 0 amide bonds. The van der Waals surface area contributed by atoms with Crippen LogP contribution in [0.3, 0.4) is 0 Å². The molecule has 0 fully saturated rings. The van der Waals surface area contributed by atoms with E-state index in [-0.39, 0.29) is 0 Å². The van der Waals surface area contributed by atoms with Gasteiger partial charge < -0.3 is 15.4 Å². The average molecular weight is 317 g/mol. The van der Waals surface area contributed by atoms with Crippen LogP contribution in [0.15, 0.2) is 46.1 Å². The molecule has 118 valence electrons. The van der Waals surface area contributed by atoms with Crippen LogP contribution in [0.25, 0.3) is 0 Å². The quantitative estimate of drug-likeness (QED) is 0.609. The summed E-state index contributed by atoms with van der Waals surface area (Å²) < 4.78 is 5.37. The molecule has 2 N–H and O–H groups in total. The Labute approximate surface area is 136 Å². The summed E-state index contributed by atoms with van der Waals surface area (Å²) >= 11 is 1.70. The molecular formula is C17H23N3OS. The molecule has 1 aromatic heterocycles. The van der Waals surface area contributed by atoms with Crippen LogP contribution in [0.4, 0.5) is 0 Å². The molecule has 0 unspecified atom stereocenters. The smallest absolute Gasteiger partial charge is 0.191 e. The minimum Gasteiger partial charge on any atom is -0.496 e. The summed E-state index contributed by atoms with van der Waals surface area (Å²) in [5, 5.41) is 10.8. The fourth-order valence-electron chi connectivity index (χ4n) is 2.12. The Hall–Kier alpha value is -2.01. The van der Waals surface area contributed by atoms with E-state index in [4.69, 9.17) is 4.74 Å². The van der Waals surface area contributed by atoms with E-state index in [9.17, 15) is 0 Å². The maximum Gasteiger partial charge on any atom is 0.191 e. The monoisotopic (exact) mass is 317 g/mol. The van der Waals surface area contributed by atoms with E-state index >= 15 is 0 Å². The predicted molar refractivity (Wildman–Crippen MR) is 93.8 cm³/mol. The molecule has 5 heteroatoms. The molecule has 0 spiro atoms. The SMILES string of the molecule is CCNC(=NCc1ccsc1)NCCc1ccccc1OC. The van der Waals surface area contributed by atoms with Gasteiger partial charge in [-0.2, -0.15) is 11.3 Å². The number of guanidine groups is 1. The van der Waals surface area contributed by atoms with Gasteiger partial charge in [0.2, 0.25) is 0 Å². The number of rotatable bonds is 7. The molecule has 1 heterocycles. The van der Waals surface area contributed by atoms with Crippen LogP contribution in [-0.2, 0) is 13.0 Å². The van der Waals surface area contributed by atoms with E-state index in [2.05, 4.69) is 45.4 Å². The van der Waals surface area contributed by atoms with Crippen molar-refractivity contribution in [2.45, 2.75) is 19.9 Å². The van der Waals surface area contributed by atoms with Crippen molar-refractivity contribution in [3.63, 3.8) is 0 Å². The van der Waals surface area contributed by atoms with Gasteiger partial charge in [0.05, 0.1) is 13.7 Å². The number of para-hydroxylation sites is 1. The van der Waals surface area contributed by atoms with Gasteiger partial charge in [-0.3, -0.25) is 0 Å². The zero-order valence-electron chi connectivity index (χ0n) is 13.1. The molecule has 22 heavy (non-hydrogen) atoms. The highest BCUT2D eigenvalue weighted by Crippen LogP contribution is 2.17. The van der Waals surface area contributed by atoms with E-state index in [1.807, 2.05) is 18.2 Å². The van der Waals surface area contributed by atoms with Crippen LogP contribution in [0, 0.1) is 0 Å². The highest BCUT2D eigenvalue weighted by molar-refractivity contribution is 7.07. The standard InChI is InChI=1S/C17H23N3OS/c1-3-18-17(20-12-14-9-11-22-13-14)19-10-8-15-6-4-5-7-16(15)21-2/h4-7,9,11,13H,3,8,10,12H2,1-2H3,(H2,18,19,20). The van der Waals surface area contributed by atoms with Crippen molar-refractivity contribution in [2.24, 2.45) is 4.99 Å². The first-order chi connectivity index (χ1) is 10.8. The summed E-state index contributed by atoms with van der Waals surface area (Å²) in [5.74, 6) is 1.79. The molecular weight excluding hydrogens is 294 g/mol. The van der Waals surface area contributed by atoms with Crippen molar-refractivity contribution in [1.82, 2.24) is 10.6 Å². The number of hydrogen-bond acceptors (Lipinski definition) is 3.